The minimum Gasteiger partial charge on any atom is -0.459 e. The first-order valence-corrected chi connectivity index (χ1v) is 13.7. The normalized spacial score (nSPS) is 25.4. The Kier molecular flexibility index (Phi) is 11.1. The molecule has 0 aromatic heterocycles. The van der Waals surface area contributed by atoms with Crippen LogP contribution in [0, 0.1) is 29.6 Å². The van der Waals surface area contributed by atoms with Gasteiger partial charge in [-0.2, -0.15) is 0 Å². The number of aryl methyl sites for hydroxylation is 1. The van der Waals surface area contributed by atoms with Gasteiger partial charge in [-0.05, 0) is 93.4 Å². The quantitative estimate of drug-likeness (QED) is 0.216. The monoisotopic (exact) mass is 448 g/mol. The zero-order valence-electron chi connectivity index (χ0n) is 21.0. The Morgan fingerprint density at radius 2 is 1.67 bits per heavy atom. The van der Waals surface area contributed by atoms with E-state index in [9.17, 15) is 4.79 Å². The number of benzene rings is 1. The molecule has 0 spiro atoms. The van der Waals surface area contributed by atoms with Gasteiger partial charge in [0.2, 0.25) is 0 Å². The van der Waals surface area contributed by atoms with Crippen LogP contribution in [0.1, 0.15) is 113 Å². The van der Waals surface area contributed by atoms with E-state index in [0.29, 0.717) is 11.5 Å². The molecule has 0 atom stereocenters. The van der Waals surface area contributed by atoms with Crippen molar-refractivity contribution in [2.24, 2.45) is 17.8 Å². The van der Waals surface area contributed by atoms with E-state index in [1.165, 1.54) is 56.9 Å². The third kappa shape index (κ3) is 9.04. The third-order valence-electron chi connectivity index (χ3n) is 7.52. The molecule has 0 aliphatic heterocycles. The summed E-state index contributed by atoms with van der Waals surface area (Å²) in [6, 6.07) is 7.88. The Balaban J connectivity index is 1.32. The number of esters is 1. The maximum atomic E-state index is 12.5. The Hall–Kier alpha value is -2.01. The van der Waals surface area contributed by atoms with Crippen LogP contribution in [0.2, 0.25) is 0 Å². The highest BCUT2D eigenvalue weighted by molar-refractivity contribution is 5.89. The van der Waals surface area contributed by atoms with Crippen LogP contribution >= 0.6 is 0 Å². The Morgan fingerprint density at radius 3 is 2.33 bits per heavy atom. The first kappa shape index (κ1) is 25.6. The number of ether oxygens (including phenoxy) is 1. The van der Waals surface area contributed by atoms with Gasteiger partial charge in [0.05, 0.1) is 5.56 Å². The fourth-order valence-corrected chi connectivity index (χ4v) is 5.34. The number of hydrogen-bond acceptors (Lipinski definition) is 2. The van der Waals surface area contributed by atoms with E-state index in [1.807, 2.05) is 24.3 Å². The molecule has 180 valence electrons. The van der Waals surface area contributed by atoms with Crippen LogP contribution < -0.4 is 0 Å². The largest absolute Gasteiger partial charge is 0.459 e. The van der Waals surface area contributed by atoms with Crippen LogP contribution in [-0.4, -0.2) is 12.1 Å². The SMILES string of the molecule is CCCCC[C@H]1CC[C@H](C=CC#C[C@H]2CC[C@H](OC(=O)c3ccc(CCC)cc3)CC2)CC1. The molecule has 0 amide bonds. The molecule has 0 saturated heterocycles. The summed E-state index contributed by atoms with van der Waals surface area (Å²) in [7, 11) is 0. The lowest BCUT2D eigenvalue weighted by Gasteiger charge is -2.26. The highest BCUT2D eigenvalue weighted by atomic mass is 16.5. The van der Waals surface area contributed by atoms with Gasteiger partial charge < -0.3 is 4.74 Å². The molecule has 33 heavy (non-hydrogen) atoms. The van der Waals surface area contributed by atoms with Crippen molar-refractivity contribution in [3.63, 3.8) is 0 Å². The molecule has 0 N–H and O–H groups in total. The van der Waals surface area contributed by atoms with Crippen LogP contribution in [0.15, 0.2) is 36.4 Å². The predicted molar refractivity (Wildman–Crippen MR) is 138 cm³/mol. The molecule has 0 unspecified atom stereocenters. The van der Waals surface area contributed by atoms with Crippen molar-refractivity contribution in [2.75, 3.05) is 0 Å². The summed E-state index contributed by atoms with van der Waals surface area (Å²) < 4.78 is 5.77. The zero-order valence-corrected chi connectivity index (χ0v) is 21.0. The number of carbonyl (C=O) groups excluding carboxylic acids is 1. The zero-order chi connectivity index (χ0) is 23.3. The van der Waals surface area contributed by atoms with Gasteiger partial charge in [-0.3, -0.25) is 0 Å². The van der Waals surface area contributed by atoms with E-state index in [2.05, 4.69) is 37.8 Å². The molecular weight excluding hydrogens is 404 g/mol. The highest BCUT2D eigenvalue weighted by Crippen LogP contribution is 2.32. The number of unbranched alkanes of at least 4 members (excludes halogenated alkanes) is 2. The van der Waals surface area contributed by atoms with E-state index in [4.69, 9.17) is 4.74 Å². The van der Waals surface area contributed by atoms with Crippen LogP contribution in [0.25, 0.3) is 0 Å². The van der Waals surface area contributed by atoms with Gasteiger partial charge in [0.15, 0.2) is 0 Å². The standard InChI is InChI=1S/C31H44O2/c1-3-5-6-10-26-13-15-27(16-14-26)11-7-8-12-28-19-23-30(24-20-28)33-31(32)29-21-17-25(9-4-2)18-22-29/h7,11,17-18,21-22,26-28,30H,3-6,9-10,13-16,19-20,23-24H2,1-2H3/t26-,27-,28-,30-. The summed E-state index contributed by atoms with van der Waals surface area (Å²) >= 11 is 0. The summed E-state index contributed by atoms with van der Waals surface area (Å²) in [6.07, 6.45) is 21.6. The van der Waals surface area contributed by atoms with Gasteiger partial charge in [-0.15, -0.1) is 0 Å². The second-order valence-electron chi connectivity index (χ2n) is 10.3. The maximum absolute atomic E-state index is 12.5. The van der Waals surface area contributed by atoms with Crippen molar-refractivity contribution < 1.29 is 9.53 Å². The van der Waals surface area contributed by atoms with Crippen molar-refractivity contribution in [3.8, 4) is 11.8 Å². The average molecular weight is 449 g/mol. The van der Waals surface area contributed by atoms with E-state index in [1.54, 1.807) is 0 Å². The molecule has 3 rings (SSSR count). The molecule has 1 aromatic rings. The highest BCUT2D eigenvalue weighted by Gasteiger charge is 2.23. The summed E-state index contributed by atoms with van der Waals surface area (Å²) in [5.74, 6) is 8.72. The van der Waals surface area contributed by atoms with E-state index in [-0.39, 0.29) is 12.1 Å². The van der Waals surface area contributed by atoms with Gasteiger partial charge in [0, 0.05) is 5.92 Å². The van der Waals surface area contributed by atoms with Crippen LogP contribution in [0.5, 0.6) is 0 Å². The third-order valence-corrected chi connectivity index (χ3v) is 7.52. The first-order valence-electron chi connectivity index (χ1n) is 13.7. The smallest absolute Gasteiger partial charge is 0.338 e. The van der Waals surface area contributed by atoms with E-state index < -0.39 is 0 Å². The summed E-state index contributed by atoms with van der Waals surface area (Å²) in [5.41, 5.74) is 1.94. The van der Waals surface area contributed by atoms with Gasteiger partial charge in [-0.1, -0.05) is 76.0 Å². The lowest BCUT2D eigenvalue weighted by molar-refractivity contribution is 0.0188. The second kappa shape index (κ2) is 14.3. The van der Waals surface area contributed by atoms with Crippen molar-refractivity contribution in [1.29, 1.82) is 0 Å². The lowest BCUT2D eigenvalue weighted by Crippen LogP contribution is -2.24. The van der Waals surface area contributed by atoms with Crippen LogP contribution in [0.3, 0.4) is 0 Å². The molecule has 2 nitrogen and oxygen atoms in total. The molecule has 2 aliphatic carbocycles. The van der Waals surface area contributed by atoms with Crippen molar-refractivity contribution in [1.82, 2.24) is 0 Å². The summed E-state index contributed by atoms with van der Waals surface area (Å²) in [6.45, 7) is 4.46. The predicted octanol–water partition coefficient (Wildman–Crippen LogP) is 8.30. The van der Waals surface area contributed by atoms with E-state index >= 15 is 0 Å². The maximum Gasteiger partial charge on any atom is 0.338 e. The topological polar surface area (TPSA) is 26.3 Å². The Bertz CT molecular complexity index is 778. The average Bonchev–Trinajstić information content (AvgIpc) is 2.84. The van der Waals surface area contributed by atoms with Gasteiger partial charge in [0.25, 0.3) is 0 Å². The molecule has 2 saturated carbocycles. The van der Waals surface area contributed by atoms with Crippen molar-refractivity contribution in [2.45, 2.75) is 110 Å². The number of rotatable bonds is 9. The Morgan fingerprint density at radius 1 is 0.939 bits per heavy atom. The summed E-state index contributed by atoms with van der Waals surface area (Å²) in [4.78, 5) is 12.5. The molecule has 2 fully saturated rings. The molecule has 1 aromatic carbocycles. The van der Waals surface area contributed by atoms with E-state index in [0.717, 1.165) is 50.4 Å². The number of carbonyl (C=O) groups is 1. The number of hydrogen-bond donors (Lipinski definition) is 0. The fraction of sp³-hybridized carbons (Fsp3) is 0.645. The molecule has 2 heteroatoms. The van der Waals surface area contributed by atoms with Crippen LogP contribution in [0.4, 0.5) is 0 Å². The fourth-order valence-electron chi connectivity index (χ4n) is 5.34. The summed E-state index contributed by atoms with van der Waals surface area (Å²) in [5, 5.41) is 0. The molecular formula is C31H44O2. The molecule has 0 bridgehead atoms. The van der Waals surface area contributed by atoms with Crippen molar-refractivity contribution >= 4 is 5.97 Å². The number of allylic oxidation sites excluding steroid dienone is 2. The van der Waals surface area contributed by atoms with Gasteiger partial charge >= 0.3 is 5.97 Å². The van der Waals surface area contributed by atoms with Gasteiger partial charge in [-0.25, -0.2) is 4.79 Å². The second-order valence-corrected chi connectivity index (χ2v) is 10.3. The first-order chi connectivity index (χ1) is 16.2. The lowest BCUT2D eigenvalue weighted by atomic mass is 9.79. The van der Waals surface area contributed by atoms with Crippen molar-refractivity contribution in [3.05, 3.63) is 47.5 Å². The molecule has 0 heterocycles. The van der Waals surface area contributed by atoms with Crippen LogP contribution in [-0.2, 0) is 11.2 Å². The molecule has 2 aliphatic rings. The minimum atomic E-state index is -0.185. The molecule has 0 radical (unpaired) electrons. The minimum absolute atomic E-state index is 0.0360. The Labute approximate surface area is 202 Å². The van der Waals surface area contributed by atoms with Gasteiger partial charge in [0.1, 0.15) is 6.10 Å².